The van der Waals surface area contributed by atoms with Crippen LogP contribution in [0.1, 0.15) is 25.7 Å². The lowest BCUT2D eigenvalue weighted by Crippen LogP contribution is -1.97. The molecule has 0 unspecified atom stereocenters. The van der Waals surface area contributed by atoms with E-state index in [9.17, 15) is 14.4 Å². The number of ketones is 1. The van der Waals surface area contributed by atoms with E-state index in [0.29, 0.717) is 25.5 Å². The summed E-state index contributed by atoms with van der Waals surface area (Å²) in [5.41, 5.74) is 0. The summed E-state index contributed by atoms with van der Waals surface area (Å²) in [4.78, 5) is 29.8. The van der Waals surface area contributed by atoms with Crippen molar-refractivity contribution in [2.45, 2.75) is 25.7 Å². The summed E-state index contributed by atoms with van der Waals surface area (Å²) in [6.07, 6.45) is 3.22. The zero-order valence-corrected chi connectivity index (χ0v) is 5.71. The maximum Gasteiger partial charge on any atom is 0.195 e. The predicted molar refractivity (Wildman–Crippen MR) is 35.6 cm³/mol. The van der Waals surface area contributed by atoms with Crippen LogP contribution in [0.4, 0.5) is 0 Å². The van der Waals surface area contributed by atoms with Crippen molar-refractivity contribution in [1.82, 2.24) is 0 Å². The van der Waals surface area contributed by atoms with Crippen LogP contribution in [0, 0.1) is 0 Å². The molecular weight excluding hydrogens is 132 g/mol. The third-order valence-corrected chi connectivity index (χ3v) is 1.13. The van der Waals surface area contributed by atoms with Gasteiger partial charge in [-0.05, 0) is 12.8 Å². The standard InChI is InChI=1S/C7H10O3/c8-5-3-1-2-4-7(10)6-9/h5-6H,1-4H2. The molecule has 0 N–H and O–H groups in total. The molecule has 0 aromatic rings. The average molecular weight is 142 g/mol. The van der Waals surface area contributed by atoms with E-state index in [4.69, 9.17) is 0 Å². The first-order chi connectivity index (χ1) is 4.81. The number of unbranched alkanes of at least 4 members (excludes halogenated alkanes) is 2. The first-order valence-electron chi connectivity index (χ1n) is 3.23. The topological polar surface area (TPSA) is 51.2 Å². The van der Waals surface area contributed by atoms with Gasteiger partial charge in [0.15, 0.2) is 12.1 Å². The molecule has 0 spiro atoms. The lowest BCUT2D eigenvalue weighted by molar-refractivity contribution is -0.129. The summed E-state index contributed by atoms with van der Waals surface area (Å²) < 4.78 is 0. The van der Waals surface area contributed by atoms with Gasteiger partial charge in [-0.1, -0.05) is 0 Å². The van der Waals surface area contributed by atoms with Crippen LogP contribution in [-0.4, -0.2) is 18.4 Å². The largest absolute Gasteiger partial charge is 0.303 e. The summed E-state index contributed by atoms with van der Waals surface area (Å²) in [6, 6.07) is 0. The molecule has 3 nitrogen and oxygen atoms in total. The molecule has 0 radical (unpaired) electrons. The van der Waals surface area contributed by atoms with E-state index in [0.717, 1.165) is 6.29 Å². The van der Waals surface area contributed by atoms with E-state index in [-0.39, 0.29) is 12.2 Å². The number of hydrogen-bond acceptors (Lipinski definition) is 3. The van der Waals surface area contributed by atoms with Crippen molar-refractivity contribution in [2.75, 3.05) is 0 Å². The summed E-state index contributed by atoms with van der Waals surface area (Å²) >= 11 is 0. The second kappa shape index (κ2) is 6.13. The van der Waals surface area contributed by atoms with Gasteiger partial charge in [-0.25, -0.2) is 0 Å². The first kappa shape index (κ1) is 9.01. The van der Waals surface area contributed by atoms with Crippen LogP contribution in [0.3, 0.4) is 0 Å². The number of rotatable bonds is 6. The normalized spacial score (nSPS) is 8.80. The van der Waals surface area contributed by atoms with Gasteiger partial charge in [0.2, 0.25) is 0 Å². The van der Waals surface area contributed by atoms with Gasteiger partial charge >= 0.3 is 0 Å². The smallest absolute Gasteiger partial charge is 0.195 e. The molecule has 0 saturated carbocycles. The van der Waals surface area contributed by atoms with Crippen molar-refractivity contribution < 1.29 is 14.4 Å². The van der Waals surface area contributed by atoms with E-state index < -0.39 is 0 Å². The maximum atomic E-state index is 10.3. The Morgan fingerprint density at radius 3 is 2.40 bits per heavy atom. The second-order valence-electron chi connectivity index (χ2n) is 2.00. The van der Waals surface area contributed by atoms with Crippen LogP contribution < -0.4 is 0 Å². The van der Waals surface area contributed by atoms with Crippen LogP contribution in [0.15, 0.2) is 0 Å². The molecule has 0 aromatic carbocycles. The Balaban J connectivity index is 3.11. The summed E-state index contributed by atoms with van der Waals surface area (Å²) in [5, 5.41) is 0. The summed E-state index contributed by atoms with van der Waals surface area (Å²) in [7, 11) is 0. The van der Waals surface area contributed by atoms with E-state index in [1.807, 2.05) is 0 Å². The zero-order valence-electron chi connectivity index (χ0n) is 5.71. The predicted octanol–water partition coefficient (Wildman–Crippen LogP) is 0.514. The molecule has 0 aliphatic rings. The fraction of sp³-hybridized carbons (Fsp3) is 0.571. The van der Waals surface area contributed by atoms with Gasteiger partial charge in [0.1, 0.15) is 6.29 Å². The molecule has 0 heterocycles. The van der Waals surface area contributed by atoms with Crippen LogP contribution in [0.2, 0.25) is 0 Å². The van der Waals surface area contributed by atoms with Gasteiger partial charge in [0.25, 0.3) is 0 Å². The molecule has 0 bridgehead atoms. The molecule has 3 heteroatoms. The molecule has 0 fully saturated rings. The SMILES string of the molecule is O=CCCCCC(=O)C=O. The molecule has 0 atom stereocenters. The van der Waals surface area contributed by atoms with Crippen LogP contribution in [-0.2, 0) is 14.4 Å². The minimum absolute atomic E-state index is 0.275. The monoisotopic (exact) mass is 142 g/mol. The molecular formula is C7H10O3. The van der Waals surface area contributed by atoms with E-state index >= 15 is 0 Å². The Labute approximate surface area is 59.4 Å². The quantitative estimate of drug-likeness (QED) is 0.308. The highest BCUT2D eigenvalue weighted by Gasteiger charge is 1.96. The molecule has 0 amide bonds. The molecule has 0 aromatic heterocycles. The molecule has 0 aliphatic carbocycles. The number of carbonyl (C=O) groups is 3. The zero-order chi connectivity index (χ0) is 7.82. The number of hydrogen-bond donors (Lipinski definition) is 0. The van der Waals surface area contributed by atoms with Crippen molar-refractivity contribution >= 4 is 18.4 Å². The van der Waals surface area contributed by atoms with E-state index in [1.165, 1.54) is 0 Å². The highest BCUT2D eigenvalue weighted by Crippen LogP contribution is 1.96. The molecule has 0 aliphatic heterocycles. The Bertz CT molecular complexity index is 129. The third-order valence-electron chi connectivity index (χ3n) is 1.13. The van der Waals surface area contributed by atoms with Crippen molar-refractivity contribution in [3.8, 4) is 0 Å². The minimum atomic E-state index is -0.383. The average Bonchev–Trinajstić information content (AvgIpc) is 1.98. The van der Waals surface area contributed by atoms with Gasteiger partial charge in [-0.15, -0.1) is 0 Å². The lowest BCUT2D eigenvalue weighted by atomic mass is 10.1. The van der Waals surface area contributed by atoms with Crippen LogP contribution in [0.5, 0.6) is 0 Å². The first-order valence-corrected chi connectivity index (χ1v) is 3.23. The second-order valence-corrected chi connectivity index (χ2v) is 2.00. The van der Waals surface area contributed by atoms with Crippen molar-refractivity contribution in [3.05, 3.63) is 0 Å². The van der Waals surface area contributed by atoms with Gasteiger partial charge in [0, 0.05) is 12.8 Å². The van der Waals surface area contributed by atoms with Crippen molar-refractivity contribution in [1.29, 1.82) is 0 Å². The molecule has 56 valence electrons. The van der Waals surface area contributed by atoms with Gasteiger partial charge in [-0.2, -0.15) is 0 Å². The summed E-state index contributed by atoms with van der Waals surface area (Å²) in [6.45, 7) is 0. The third kappa shape index (κ3) is 5.15. The van der Waals surface area contributed by atoms with E-state index in [1.54, 1.807) is 0 Å². The lowest BCUT2D eigenvalue weighted by Gasteiger charge is -1.89. The number of Topliss-reactive ketones (excluding diaryl/α,β-unsaturated/α-hetero) is 1. The Kier molecular flexibility index (Phi) is 5.53. The Hall–Kier alpha value is -0.990. The van der Waals surface area contributed by atoms with Crippen molar-refractivity contribution in [2.24, 2.45) is 0 Å². The maximum absolute atomic E-state index is 10.3. The Morgan fingerprint density at radius 2 is 1.90 bits per heavy atom. The Morgan fingerprint density at radius 1 is 1.20 bits per heavy atom. The molecule has 0 rings (SSSR count). The van der Waals surface area contributed by atoms with Gasteiger partial charge in [-0.3, -0.25) is 9.59 Å². The van der Waals surface area contributed by atoms with Gasteiger partial charge in [0.05, 0.1) is 0 Å². The van der Waals surface area contributed by atoms with Crippen LogP contribution in [0.25, 0.3) is 0 Å². The highest BCUT2D eigenvalue weighted by atomic mass is 16.2. The molecule has 0 saturated heterocycles. The fourth-order valence-electron chi connectivity index (χ4n) is 0.586. The fourth-order valence-corrected chi connectivity index (χ4v) is 0.586. The minimum Gasteiger partial charge on any atom is -0.303 e. The van der Waals surface area contributed by atoms with E-state index in [2.05, 4.69) is 0 Å². The number of aldehydes is 2. The van der Waals surface area contributed by atoms with Gasteiger partial charge < -0.3 is 4.79 Å². The van der Waals surface area contributed by atoms with Crippen LogP contribution >= 0.6 is 0 Å². The summed E-state index contributed by atoms with van der Waals surface area (Å²) in [5.74, 6) is -0.383. The highest BCUT2D eigenvalue weighted by molar-refractivity contribution is 6.24. The number of carbonyl (C=O) groups excluding carboxylic acids is 3. The van der Waals surface area contributed by atoms with Crippen molar-refractivity contribution in [3.63, 3.8) is 0 Å². The molecule has 10 heavy (non-hydrogen) atoms.